The molecule has 0 aliphatic rings. The molecule has 0 unspecified atom stereocenters. The number of carbonyl (C=O) groups excluding carboxylic acids is 1. The van der Waals surface area contributed by atoms with Gasteiger partial charge < -0.3 is 9.88 Å². The highest BCUT2D eigenvalue weighted by Gasteiger charge is 2.09. The highest BCUT2D eigenvalue weighted by Crippen LogP contribution is 2.15. The number of aryl methyl sites for hydroxylation is 3. The molecule has 118 valence electrons. The van der Waals surface area contributed by atoms with Crippen molar-refractivity contribution in [3.63, 3.8) is 0 Å². The zero-order chi connectivity index (χ0) is 16.2. The third-order valence-corrected chi connectivity index (χ3v) is 4.13. The maximum atomic E-state index is 12.2. The van der Waals surface area contributed by atoms with E-state index >= 15 is 0 Å². The first-order chi connectivity index (χ1) is 11.2. The molecule has 2 aromatic carbocycles. The minimum Gasteiger partial charge on any atom is -0.352 e. The van der Waals surface area contributed by atoms with Crippen molar-refractivity contribution in [2.45, 2.75) is 19.8 Å². The molecule has 0 radical (unpaired) electrons. The molecule has 0 aliphatic heterocycles. The first-order valence-electron chi connectivity index (χ1n) is 7.91. The third kappa shape index (κ3) is 3.26. The number of nitrogens with zero attached hydrogens (tertiary/aromatic N) is 2. The molecule has 23 heavy (non-hydrogen) atoms. The molecule has 0 fully saturated rings. The Morgan fingerprint density at radius 1 is 1.13 bits per heavy atom. The lowest BCUT2D eigenvalue weighted by Crippen LogP contribution is -2.25. The Bertz CT molecular complexity index is 836. The van der Waals surface area contributed by atoms with Crippen LogP contribution in [0.3, 0.4) is 0 Å². The van der Waals surface area contributed by atoms with Gasteiger partial charge in [-0.05, 0) is 37.1 Å². The molecular formula is C19H21N3O. The van der Waals surface area contributed by atoms with Crippen molar-refractivity contribution >= 4 is 16.9 Å². The van der Waals surface area contributed by atoms with Gasteiger partial charge in [0, 0.05) is 25.6 Å². The highest BCUT2D eigenvalue weighted by molar-refractivity contribution is 5.95. The van der Waals surface area contributed by atoms with E-state index in [1.54, 1.807) is 0 Å². The monoisotopic (exact) mass is 307 g/mol. The SMILES string of the molecule is Cc1ccccc1C(=O)NCCCc1nc2ccccc2n1C. The molecule has 4 nitrogen and oxygen atoms in total. The maximum absolute atomic E-state index is 12.2. The number of aromatic nitrogens is 2. The molecule has 0 saturated heterocycles. The predicted molar refractivity (Wildman–Crippen MR) is 92.5 cm³/mol. The van der Waals surface area contributed by atoms with Gasteiger partial charge in [-0.3, -0.25) is 4.79 Å². The van der Waals surface area contributed by atoms with Gasteiger partial charge in [0.2, 0.25) is 0 Å². The third-order valence-electron chi connectivity index (χ3n) is 4.13. The summed E-state index contributed by atoms with van der Waals surface area (Å²) in [6.07, 6.45) is 1.72. The van der Waals surface area contributed by atoms with Gasteiger partial charge in [0.25, 0.3) is 5.91 Å². The number of hydrogen-bond acceptors (Lipinski definition) is 2. The van der Waals surface area contributed by atoms with Gasteiger partial charge in [0.1, 0.15) is 5.82 Å². The predicted octanol–water partition coefficient (Wildman–Crippen LogP) is 3.24. The van der Waals surface area contributed by atoms with Crippen LogP contribution in [-0.4, -0.2) is 22.0 Å². The molecule has 0 spiro atoms. The van der Waals surface area contributed by atoms with E-state index in [4.69, 9.17) is 0 Å². The summed E-state index contributed by atoms with van der Waals surface area (Å²) in [6.45, 7) is 2.60. The summed E-state index contributed by atoms with van der Waals surface area (Å²) in [5.41, 5.74) is 3.91. The van der Waals surface area contributed by atoms with E-state index in [1.165, 1.54) is 0 Å². The standard InChI is InChI=1S/C19H21N3O/c1-14-8-3-4-9-15(14)19(23)20-13-7-12-18-21-16-10-5-6-11-17(16)22(18)2/h3-6,8-11H,7,12-13H2,1-2H3,(H,20,23). The topological polar surface area (TPSA) is 46.9 Å². The lowest BCUT2D eigenvalue weighted by molar-refractivity contribution is 0.0952. The van der Waals surface area contributed by atoms with Crippen molar-refractivity contribution in [3.8, 4) is 0 Å². The van der Waals surface area contributed by atoms with Crippen LogP contribution in [0.15, 0.2) is 48.5 Å². The largest absolute Gasteiger partial charge is 0.352 e. The molecule has 0 bridgehead atoms. The summed E-state index contributed by atoms with van der Waals surface area (Å²) in [5.74, 6) is 1.05. The number of amides is 1. The minimum absolute atomic E-state index is 0.00639. The Balaban J connectivity index is 1.56. The van der Waals surface area contributed by atoms with Crippen LogP contribution < -0.4 is 5.32 Å². The van der Waals surface area contributed by atoms with Gasteiger partial charge in [-0.25, -0.2) is 4.98 Å². The number of imidazole rings is 1. The molecule has 1 N–H and O–H groups in total. The summed E-state index contributed by atoms with van der Waals surface area (Å²) >= 11 is 0. The Kier molecular flexibility index (Phi) is 4.42. The van der Waals surface area contributed by atoms with Gasteiger partial charge in [-0.1, -0.05) is 30.3 Å². The molecule has 1 amide bonds. The molecule has 0 aliphatic carbocycles. The molecule has 1 aromatic heterocycles. The second-order valence-electron chi connectivity index (χ2n) is 5.75. The van der Waals surface area contributed by atoms with E-state index in [0.29, 0.717) is 6.54 Å². The van der Waals surface area contributed by atoms with Gasteiger partial charge in [-0.2, -0.15) is 0 Å². The van der Waals surface area contributed by atoms with Crippen molar-refractivity contribution in [1.82, 2.24) is 14.9 Å². The molecule has 1 heterocycles. The van der Waals surface area contributed by atoms with E-state index in [-0.39, 0.29) is 5.91 Å². The van der Waals surface area contributed by atoms with E-state index in [1.807, 2.05) is 56.4 Å². The highest BCUT2D eigenvalue weighted by atomic mass is 16.1. The first kappa shape index (κ1) is 15.3. The van der Waals surface area contributed by atoms with Crippen molar-refractivity contribution in [2.24, 2.45) is 7.05 Å². The summed E-state index contributed by atoms with van der Waals surface area (Å²) in [6, 6.07) is 15.8. The smallest absolute Gasteiger partial charge is 0.251 e. The van der Waals surface area contributed by atoms with E-state index < -0.39 is 0 Å². The Hall–Kier alpha value is -2.62. The van der Waals surface area contributed by atoms with E-state index in [2.05, 4.69) is 20.9 Å². The number of rotatable bonds is 5. The fourth-order valence-corrected chi connectivity index (χ4v) is 2.79. The maximum Gasteiger partial charge on any atom is 0.251 e. The molecule has 3 rings (SSSR count). The molecule has 0 saturated carbocycles. The lowest BCUT2D eigenvalue weighted by atomic mass is 10.1. The average molecular weight is 307 g/mol. The van der Waals surface area contributed by atoms with Crippen LogP contribution in [0.2, 0.25) is 0 Å². The van der Waals surface area contributed by atoms with Crippen molar-refractivity contribution in [3.05, 3.63) is 65.5 Å². The fraction of sp³-hybridized carbons (Fsp3) is 0.263. The van der Waals surface area contributed by atoms with Crippen LogP contribution in [0, 0.1) is 6.92 Å². The van der Waals surface area contributed by atoms with E-state index in [0.717, 1.165) is 40.8 Å². The first-order valence-corrected chi connectivity index (χ1v) is 7.91. The number of para-hydroxylation sites is 2. The van der Waals surface area contributed by atoms with Crippen molar-refractivity contribution < 1.29 is 4.79 Å². The van der Waals surface area contributed by atoms with Gasteiger partial charge in [0.05, 0.1) is 11.0 Å². The normalized spacial score (nSPS) is 10.9. The Morgan fingerprint density at radius 3 is 2.65 bits per heavy atom. The zero-order valence-electron chi connectivity index (χ0n) is 13.5. The summed E-state index contributed by atoms with van der Waals surface area (Å²) < 4.78 is 2.12. The van der Waals surface area contributed by atoms with Crippen LogP contribution in [0.4, 0.5) is 0 Å². The van der Waals surface area contributed by atoms with Gasteiger partial charge in [-0.15, -0.1) is 0 Å². The number of hydrogen-bond donors (Lipinski definition) is 1. The van der Waals surface area contributed by atoms with Gasteiger partial charge >= 0.3 is 0 Å². The molecule has 3 aromatic rings. The van der Waals surface area contributed by atoms with Crippen LogP contribution in [-0.2, 0) is 13.5 Å². The van der Waals surface area contributed by atoms with Crippen LogP contribution in [0.1, 0.15) is 28.2 Å². The molecule has 4 heteroatoms. The van der Waals surface area contributed by atoms with Gasteiger partial charge in [0.15, 0.2) is 0 Å². The van der Waals surface area contributed by atoms with E-state index in [9.17, 15) is 4.79 Å². The van der Waals surface area contributed by atoms with Crippen molar-refractivity contribution in [2.75, 3.05) is 6.54 Å². The summed E-state index contributed by atoms with van der Waals surface area (Å²) in [5, 5.41) is 2.99. The average Bonchev–Trinajstić information content (AvgIpc) is 2.88. The lowest BCUT2D eigenvalue weighted by Gasteiger charge is -2.07. The summed E-state index contributed by atoms with van der Waals surface area (Å²) in [7, 11) is 2.04. The second kappa shape index (κ2) is 6.65. The second-order valence-corrected chi connectivity index (χ2v) is 5.75. The number of fused-ring (bicyclic) bond motifs is 1. The fourth-order valence-electron chi connectivity index (χ4n) is 2.79. The van der Waals surface area contributed by atoms with Crippen LogP contribution >= 0.6 is 0 Å². The molecular weight excluding hydrogens is 286 g/mol. The minimum atomic E-state index is -0.00639. The number of nitrogens with one attached hydrogen (secondary N) is 1. The van der Waals surface area contributed by atoms with Crippen LogP contribution in [0.25, 0.3) is 11.0 Å². The Morgan fingerprint density at radius 2 is 1.87 bits per heavy atom. The Labute approximate surface area is 136 Å². The zero-order valence-corrected chi connectivity index (χ0v) is 13.5. The van der Waals surface area contributed by atoms with Crippen molar-refractivity contribution in [1.29, 1.82) is 0 Å². The van der Waals surface area contributed by atoms with Crippen LogP contribution in [0.5, 0.6) is 0 Å². The number of carbonyl (C=O) groups is 1. The number of benzene rings is 2. The summed E-state index contributed by atoms with van der Waals surface area (Å²) in [4.78, 5) is 16.8. The molecule has 0 atom stereocenters. The quantitative estimate of drug-likeness (QED) is 0.736.